The second-order valence-electron chi connectivity index (χ2n) is 6.61. The van der Waals surface area contributed by atoms with Crippen LogP contribution < -0.4 is 17.3 Å². The number of aryl methyl sites for hydroxylation is 1. The smallest absolute Gasteiger partial charge is 0.329 e. The SMILES string of the molecule is CCOC(=O)CN(N)/C=C(\N)Cn1c(=O)n2c3c(cccc31)C(C)CC2. The fraction of sp³-hybridized carbons (Fsp3) is 0.444. The van der Waals surface area contributed by atoms with Gasteiger partial charge in [-0.1, -0.05) is 19.1 Å². The highest BCUT2D eigenvalue weighted by molar-refractivity contribution is 5.81. The number of nitrogens with two attached hydrogens (primary N) is 2. The Morgan fingerprint density at radius 3 is 2.96 bits per heavy atom. The van der Waals surface area contributed by atoms with Gasteiger partial charge < -0.3 is 15.5 Å². The Morgan fingerprint density at radius 1 is 1.46 bits per heavy atom. The van der Waals surface area contributed by atoms with Crippen molar-refractivity contribution in [3.05, 3.63) is 46.1 Å². The van der Waals surface area contributed by atoms with Crippen LogP contribution in [0, 0.1) is 0 Å². The number of benzene rings is 1. The molecule has 1 atom stereocenters. The van der Waals surface area contributed by atoms with E-state index in [0.29, 0.717) is 24.8 Å². The second kappa shape index (κ2) is 7.25. The van der Waals surface area contributed by atoms with E-state index in [1.165, 1.54) is 16.8 Å². The summed E-state index contributed by atoms with van der Waals surface area (Å²) in [4.78, 5) is 24.3. The molecule has 0 saturated heterocycles. The van der Waals surface area contributed by atoms with Crippen LogP contribution in [0.15, 0.2) is 34.9 Å². The monoisotopic (exact) mass is 359 g/mol. The highest BCUT2D eigenvalue weighted by Gasteiger charge is 2.23. The lowest BCUT2D eigenvalue weighted by Gasteiger charge is -2.20. The lowest BCUT2D eigenvalue weighted by molar-refractivity contribution is -0.143. The van der Waals surface area contributed by atoms with Crippen molar-refractivity contribution in [2.45, 2.75) is 39.3 Å². The van der Waals surface area contributed by atoms with Crippen LogP contribution in [-0.4, -0.2) is 33.3 Å². The average Bonchev–Trinajstić information content (AvgIpc) is 2.84. The molecule has 8 nitrogen and oxygen atoms in total. The highest BCUT2D eigenvalue weighted by Crippen LogP contribution is 2.31. The van der Waals surface area contributed by atoms with Gasteiger partial charge in [-0.2, -0.15) is 0 Å². The van der Waals surface area contributed by atoms with Crippen LogP contribution in [0.1, 0.15) is 31.7 Å². The number of hydrogen-bond acceptors (Lipinski definition) is 6. The van der Waals surface area contributed by atoms with Gasteiger partial charge in [0.25, 0.3) is 0 Å². The third-order valence-electron chi connectivity index (χ3n) is 4.67. The first-order valence-electron chi connectivity index (χ1n) is 8.77. The van der Waals surface area contributed by atoms with Gasteiger partial charge in [0.1, 0.15) is 6.54 Å². The molecule has 1 aromatic carbocycles. The predicted molar refractivity (Wildman–Crippen MR) is 99.0 cm³/mol. The standard InChI is InChI=1S/C18H25N5O3/c1-3-26-16(24)11-21(20)9-13(19)10-23-15-6-4-5-14-12(2)7-8-22(17(14)15)18(23)25/h4-6,9,12H,3,7-8,10-11,19-20H2,1-2H3/b13-9-. The van der Waals surface area contributed by atoms with E-state index in [1.807, 2.05) is 16.7 Å². The van der Waals surface area contributed by atoms with Crippen LogP contribution >= 0.6 is 0 Å². The molecule has 4 N–H and O–H groups in total. The van der Waals surface area contributed by atoms with Gasteiger partial charge in [0.15, 0.2) is 0 Å². The fourth-order valence-corrected chi connectivity index (χ4v) is 3.48. The van der Waals surface area contributed by atoms with E-state index in [1.54, 1.807) is 11.5 Å². The maximum absolute atomic E-state index is 12.8. The van der Waals surface area contributed by atoms with E-state index in [2.05, 4.69) is 13.0 Å². The number of aromatic nitrogens is 2. The number of hydrogen-bond donors (Lipinski definition) is 2. The third-order valence-corrected chi connectivity index (χ3v) is 4.67. The predicted octanol–water partition coefficient (Wildman–Crippen LogP) is 0.849. The summed E-state index contributed by atoms with van der Waals surface area (Å²) in [6.45, 7) is 5.00. The van der Waals surface area contributed by atoms with Gasteiger partial charge in [-0.15, -0.1) is 0 Å². The molecule has 0 radical (unpaired) electrons. The maximum Gasteiger partial charge on any atom is 0.329 e. The summed E-state index contributed by atoms with van der Waals surface area (Å²) in [5, 5.41) is 1.17. The molecule has 1 aliphatic heterocycles. The Kier molecular flexibility index (Phi) is 5.03. The zero-order chi connectivity index (χ0) is 18.8. The van der Waals surface area contributed by atoms with E-state index >= 15 is 0 Å². The first-order valence-corrected chi connectivity index (χ1v) is 8.77. The molecule has 2 heterocycles. The quantitative estimate of drug-likeness (QED) is 0.450. The zero-order valence-electron chi connectivity index (χ0n) is 15.1. The number of nitrogens with zero attached hydrogens (tertiary/aromatic N) is 3. The summed E-state index contributed by atoms with van der Waals surface area (Å²) < 4.78 is 8.32. The third kappa shape index (κ3) is 3.32. The van der Waals surface area contributed by atoms with Crippen molar-refractivity contribution in [1.29, 1.82) is 0 Å². The van der Waals surface area contributed by atoms with E-state index in [9.17, 15) is 9.59 Å². The fourth-order valence-electron chi connectivity index (χ4n) is 3.48. The average molecular weight is 359 g/mol. The molecule has 3 rings (SSSR count). The minimum Gasteiger partial charge on any atom is -0.465 e. The molecule has 2 aromatic rings. The number of ether oxygens (including phenoxy) is 1. The molecule has 1 unspecified atom stereocenters. The number of imidazole rings is 1. The van der Waals surface area contributed by atoms with Crippen molar-refractivity contribution in [3.8, 4) is 0 Å². The molecule has 0 aliphatic carbocycles. The van der Waals surface area contributed by atoms with Crippen molar-refractivity contribution >= 4 is 17.0 Å². The van der Waals surface area contributed by atoms with E-state index in [0.717, 1.165) is 17.5 Å². The highest BCUT2D eigenvalue weighted by atomic mass is 16.5. The number of allylic oxidation sites excluding steroid dienone is 1. The van der Waals surface area contributed by atoms with Crippen LogP contribution in [0.5, 0.6) is 0 Å². The minimum absolute atomic E-state index is 0.0790. The Morgan fingerprint density at radius 2 is 2.23 bits per heavy atom. The number of para-hydroxylation sites is 1. The first-order chi connectivity index (χ1) is 12.4. The normalized spacial score (nSPS) is 16.7. The van der Waals surface area contributed by atoms with Gasteiger partial charge in [0.2, 0.25) is 0 Å². The lowest BCUT2D eigenvalue weighted by atomic mass is 9.94. The molecule has 8 heteroatoms. The molecule has 0 bridgehead atoms. The molecule has 0 fully saturated rings. The van der Waals surface area contributed by atoms with Crippen molar-refractivity contribution in [3.63, 3.8) is 0 Å². The first kappa shape index (κ1) is 18.1. The largest absolute Gasteiger partial charge is 0.465 e. The molecule has 0 spiro atoms. The van der Waals surface area contributed by atoms with Gasteiger partial charge >= 0.3 is 11.7 Å². The van der Waals surface area contributed by atoms with Crippen molar-refractivity contribution in [2.24, 2.45) is 11.6 Å². The molecule has 1 aliphatic rings. The Bertz CT molecular complexity index is 911. The molecule has 0 saturated carbocycles. The van der Waals surface area contributed by atoms with Crippen molar-refractivity contribution in [1.82, 2.24) is 14.1 Å². The molecule has 1 aromatic heterocycles. The number of carbonyl (C=O) groups is 1. The summed E-state index contributed by atoms with van der Waals surface area (Å²) in [5.41, 5.74) is 9.41. The Hall–Kier alpha value is -2.74. The van der Waals surface area contributed by atoms with Gasteiger partial charge in [0, 0.05) is 18.4 Å². The van der Waals surface area contributed by atoms with Crippen molar-refractivity contribution < 1.29 is 9.53 Å². The minimum atomic E-state index is -0.433. The summed E-state index contributed by atoms with van der Waals surface area (Å²) in [5.74, 6) is 5.77. The van der Waals surface area contributed by atoms with Crippen LogP contribution in [0.3, 0.4) is 0 Å². The number of esters is 1. The van der Waals surface area contributed by atoms with E-state index in [4.69, 9.17) is 16.3 Å². The summed E-state index contributed by atoms with van der Waals surface area (Å²) in [6, 6.07) is 5.98. The Labute approximate surface area is 151 Å². The van der Waals surface area contributed by atoms with Crippen LogP contribution in [-0.2, 0) is 22.6 Å². The van der Waals surface area contributed by atoms with Crippen molar-refractivity contribution in [2.75, 3.05) is 13.2 Å². The van der Waals surface area contributed by atoms with E-state index < -0.39 is 5.97 Å². The molecular formula is C18H25N5O3. The van der Waals surface area contributed by atoms with Gasteiger partial charge in [-0.3, -0.25) is 13.9 Å². The zero-order valence-corrected chi connectivity index (χ0v) is 15.1. The van der Waals surface area contributed by atoms with E-state index in [-0.39, 0.29) is 18.8 Å². The van der Waals surface area contributed by atoms with Gasteiger partial charge in [-0.05, 0) is 30.9 Å². The number of rotatable bonds is 6. The molecule has 0 amide bonds. The molecular weight excluding hydrogens is 334 g/mol. The number of hydrazine groups is 1. The molecule has 140 valence electrons. The molecule has 26 heavy (non-hydrogen) atoms. The topological polar surface area (TPSA) is 109 Å². The number of carbonyl (C=O) groups excluding carboxylic acids is 1. The summed E-state index contributed by atoms with van der Waals surface area (Å²) in [7, 11) is 0. The maximum atomic E-state index is 12.8. The van der Waals surface area contributed by atoms with Gasteiger partial charge in [-0.25, -0.2) is 10.6 Å². The lowest BCUT2D eigenvalue weighted by Crippen LogP contribution is -2.34. The second-order valence-corrected chi connectivity index (χ2v) is 6.61. The summed E-state index contributed by atoms with van der Waals surface area (Å²) >= 11 is 0. The van der Waals surface area contributed by atoms with Crippen LogP contribution in [0.2, 0.25) is 0 Å². The van der Waals surface area contributed by atoms with Gasteiger partial charge in [0.05, 0.1) is 24.2 Å². The summed E-state index contributed by atoms with van der Waals surface area (Å²) in [6.07, 6.45) is 2.40. The van der Waals surface area contributed by atoms with Crippen LogP contribution in [0.25, 0.3) is 11.0 Å². The van der Waals surface area contributed by atoms with Crippen LogP contribution in [0.4, 0.5) is 0 Å². The Balaban J connectivity index is 1.88.